The summed E-state index contributed by atoms with van der Waals surface area (Å²) in [6, 6.07) is 1.90. The van der Waals surface area contributed by atoms with Crippen LogP contribution < -0.4 is 0 Å². The third-order valence-corrected chi connectivity index (χ3v) is 3.98. The van der Waals surface area contributed by atoms with Gasteiger partial charge in [0.05, 0.1) is 18.4 Å². The Hall–Kier alpha value is -1.60. The second-order valence-electron chi connectivity index (χ2n) is 4.75. The van der Waals surface area contributed by atoms with Crippen LogP contribution in [-0.2, 0) is 16.1 Å². The molecule has 0 aromatic carbocycles. The van der Waals surface area contributed by atoms with Gasteiger partial charge in [-0.25, -0.2) is 9.97 Å². The fraction of sp³-hybridized carbons (Fsp3) is 0.500. The minimum absolute atomic E-state index is 0.0129. The van der Waals surface area contributed by atoms with Crippen LogP contribution in [-0.4, -0.2) is 44.1 Å². The maximum Gasteiger partial charge on any atom is 0.313 e. The number of aliphatic carboxylic acids is 1. The predicted molar refractivity (Wildman–Crippen MR) is 81.7 cm³/mol. The standard InChI is InChI=1S/C14H19N3O3S/c1-4-20-10(3)7-17-13-12(9(2)5-6-15-13)16-14(17)21-8-11(18)19/h5-6,10H,4,7-8H2,1-3H3,(H,18,19). The second kappa shape index (κ2) is 6.91. The number of pyridine rings is 1. The Morgan fingerprint density at radius 1 is 1.57 bits per heavy atom. The van der Waals surface area contributed by atoms with Gasteiger partial charge < -0.3 is 14.4 Å². The molecule has 0 bridgehead atoms. The summed E-state index contributed by atoms with van der Waals surface area (Å²) in [5.41, 5.74) is 2.61. The lowest BCUT2D eigenvalue weighted by Crippen LogP contribution is -2.17. The lowest BCUT2D eigenvalue weighted by molar-refractivity contribution is -0.133. The first-order valence-corrected chi connectivity index (χ1v) is 7.79. The van der Waals surface area contributed by atoms with Crippen molar-refractivity contribution in [3.8, 4) is 0 Å². The number of aryl methyl sites for hydroxylation is 1. The number of rotatable bonds is 7. The molecule has 0 radical (unpaired) electrons. The molecule has 1 unspecified atom stereocenters. The summed E-state index contributed by atoms with van der Waals surface area (Å²) in [5.74, 6) is -0.882. The first-order valence-electron chi connectivity index (χ1n) is 6.81. The zero-order valence-electron chi connectivity index (χ0n) is 12.4. The van der Waals surface area contributed by atoms with Crippen LogP contribution in [0, 0.1) is 6.92 Å². The molecule has 0 saturated heterocycles. The van der Waals surface area contributed by atoms with Crippen LogP contribution in [0.5, 0.6) is 0 Å². The Bertz CT molecular complexity index is 642. The molecule has 1 atom stereocenters. The summed E-state index contributed by atoms with van der Waals surface area (Å²) in [6.07, 6.45) is 1.76. The molecule has 2 aromatic heterocycles. The molecule has 1 N–H and O–H groups in total. The molecule has 2 heterocycles. The largest absolute Gasteiger partial charge is 0.481 e. The van der Waals surface area contributed by atoms with Gasteiger partial charge in [-0.2, -0.15) is 0 Å². The Balaban J connectivity index is 2.39. The number of hydrogen-bond donors (Lipinski definition) is 1. The summed E-state index contributed by atoms with van der Waals surface area (Å²) in [5, 5.41) is 9.53. The highest BCUT2D eigenvalue weighted by atomic mass is 32.2. The number of carboxylic acids is 1. The van der Waals surface area contributed by atoms with E-state index in [2.05, 4.69) is 9.97 Å². The fourth-order valence-electron chi connectivity index (χ4n) is 2.11. The molecule has 0 amide bonds. The second-order valence-corrected chi connectivity index (χ2v) is 5.70. The molecular formula is C14H19N3O3S. The van der Waals surface area contributed by atoms with E-state index in [1.165, 1.54) is 11.8 Å². The average Bonchev–Trinajstić information content (AvgIpc) is 2.76. The SMILES string of the molecule is CCOC(C)Cn1c(SCC(=O)O)nc2c(C)ccnc21. The van der Waals surface area contributed by atoms with Gasteiger partial charge in [0, 0.05) is 12.8 Å². The Labute approximate surface area is 127 Å². The molecule has 21 heavy (non-hydrogen) atoms. The quantitative estimate of drug-likeness (QED) is 0.791. The topological polar surface area (TPSA) is 77.2 Å². The molecule has 0 spiro atoms. The molecular weight excluding hydrogens is 290 g/mol. The van der Waals surface area contributed by atoms with Gasteiger partial charge in [0.1, 0.15) is 5.52 Å². The van der Waals surface area contributed by atoms with Crippen molar-refractivity contribution in [1.29, 1.82) is 0 Å². The van der Waals surface area contributed by atoms with Crippen molar-refractivity contribution in [2.75, 3.05) is 12.4 Å². The zero-order chi connectivity index (χ0) is 15.4. The zero-order valence-corrected chi connectivity index (χ0v) is 13.2. The molecule has 0 aliphatic rings. The van der Waals surface area contributed by atoms with E-state index in [0.717, 1.165) is 16.7 Å². The van der Waals surface area contributed by atoms with E-state index < -0.39 is 5.97 Å². The van der Waals surface area contributed by atoms with E-state index in [9.17, 15) is 4.79 Å². The Morgan fingerprint density at radius 3 is 3.00 bits per heavy atom. The van der Waals surface area contributed by atoms with Gasteiger partial charge >= 0.3 is 5.97 Å². The summed E-state index contributed by atoms with van der Waals surface area (Å²) >= 11 is 1.21. The minimum Gasteiger partial charge on any atom is -0.481 e. The van der Waals surface area contributed by atoms with Gasteiger partial charge in [0.25, 0.3) is 0 Å². The number of aromatic nitrogens is 3. The van der Waals surface area contributed by atoms with Crippen LogP contribution in [0.4, 0.5) is 0 Å². The third kappa shape index (κ3) is 3.74. The van der Waals surface area contributed by atoms with Crippen molar-refractivity contribution < 1.29 is 14.6 Å². The Morgan fingerprint density at radius 2 is 2.33 bits per heavy atom. The summed E-state index contributed by atoms with van der Waals surface area (Å²) in [7, 11) is 0. The lowest BCUT2D eigenvalue weighted by Gasteiger charge is -2.14. The summed E-state index contributed by atoms with van der Waals surface area (Å²) in [4.78, 5) is 19.7. The maximum absolute atomic E-state index is 10.8. The van der Waals surface area contributed by atoms with Gasteiger partial charge in [0.2, 0.25) is 0 Å². The number of thioether (sulfide) groups is 1. The fourth-order valence-corrected chi connectivity index (χ4v) is 2.84. The highest BCUT2D eigenvalue weighted by molar-refractivity contribution is 7.99. The molecule has 114 valence electrons. The van der Waals surface area contributed by atoms with Crippen molar-refractivity contribution in [2.24, 2.45) is 0 Å². The van der Waals surface area contributed by atoms with Crippen LogP contribution >= 0.6 is 11.8 Å². The van der Waals surface area contributed by atoms with Gasteiger partial charge in [-0.05, 0) is 32.4 Å². The molecule has 7 heteroatoms. The first kappa shape index (κ1) is 15.8. The first-order chi connectivity index (χ1) is 10.0. The third-order valence-electron chi connectivity index (χ3n) is 3.02. The number of hydrogen-bond acceptors (Lipinski definition) is 5. The number of nitrogens with zero attached hydrogens (tertiary/aromatic N) is 3. The summed E-state index contributed by atoms with van der Waals surface area (Å²) < 4.78 is 7.51. The van der Waals surface area contributed by atoms with Crippen molar-refractivity contribution in [1.82, 2.24) is 14.5 Å². The van der Waals surface area contributed by atoms with Gasteiger partial charge in [-0.1, -0.05) is 11.8 Å². The van der Waals surface area contributed by atoms with Gasteiger partial charge in [-0.15, -0.1) is 0 Å². The highest BCUT2D eigenvalue weighted by Crippen LogP contribution is 2.25. The van der Waals surface area contributed by atoms with Crippen molar-refractivity contribution in [2.45, 2.75) is 38.6 Å². The predicted octanol–water partition coefficient (Wildman–Crippen LogP) is 2.34. The van der Waals surface area contributed by atoms with Crippen LogP contribution in [0.1, 0.15) is 19.4 Å². The average molecular weight is 309 g/mol. The summed E-state index contributed by atoms with van der Waals surface area (Å²) in [6.45, 7) is 7.14. The van der Waals surface area contributed by atoms with E-state index >= 15 is 0 Å². The number of carboxylic acid groups (broad SMARTS) is 1. The molecule has 0 aliphatic carbocycles. The maximum atomic E-state index is 10.8. The van der Waals surface area contributed by atoms with Gasteiger partial charge in [0.15, 0.2) is 10.8 Å². The van der Waals surface area contributed by atoms with Crippen molar-refractivity contribution in [3.63, 3.8) is 0 Å². The lowest BCUT2D eigenvalue weighted by atomic mass is 10.3. The molecule has 0 saturated carbocycles. The van der Waals surface area contributed by atoms with Crippen molar-refractivity contribution >= 4 is 28.9 Å². The van der Waals surface area contributed by atoms with Crippen LogP contribution in [0.25, 0.3) is 11.2 Å². The van der Waals surface area contributed by atoms with E-state index in [-0.39, 0.29) is 11.9 Å². The number of carbonyl (C=O) groups is 1. The minimum atomic E-state index is -0.860. The number of imidazole rings is 1. The highest BCUT2D eigenvalue weighted by Gasteiger charge is 2.17. The smallest absolute Gasteiger partial charge is 0.313 e. The van der Waals surface area contributed by atoms with Crippen LogP contribution in [0.3, 0.4) is 0 Å². The van der Waals surface area contributed by atoms with E-state index in [1.807, 2.05) is 31.4 Å². The van der Waals surface area contributed by atoms with Crippen molar-refractivity contribution in [3.05, 3.63) is 17.8 Å². The van der Waals surface area contributed by atoms with E-state index in [4.69, 9.17) is 9.84 Å². The van der Waals surface area contributed by atoms with Crippen LogP contribution in [0.15, 0.2) is 17.4 Å². The van der Waals surface area contributed by atoms with E-state index in [0.29, 0.717) is 18.3 Å². The molecule has 0 fully saturated rings. The molecule has 0 aliphatic heterocycles. The molecule has 2 rings (SSSR count). The van der Waals surface area contributed by atoms with Gasteiger partial charge in [-0.3, -0.25) is 4.79 Å². The van der Waals surface area contributed by atoms with E-state index in [1.54, 1.807) is 6.20 Å². The Kier molecular flexibility index (Phi) is 5.19. The number of fused-ring (bicyclic) bond motifs is 1. The molecule has 6 nitrogen and oxygen atoms in total. The molecule has 2 aromatic rings. The normalized spacial score (nSPS) is 12.7. The monoisotopic (exact) mass is 309 g/mol. The number of ether oxygens (including phenoxy) is 1. The van der Waals surface area contributed by atoms with Crippen LogP contribution in [0.2, 0.25) is 0 Å².